The summed E-state index contributed by atoms with van der Waals surface area (Å²) < 4.78 is 5.80. The van der Waals surface area contributed by atoms with Gasteiger partial charge < -0.3 is 9.52 Å². The lowest BCUT2D eigenvalue weighted by Crippen LogP contribution is -1.88. The van der Waals surface area contributed by atoms with Gasteiger partial charge in [-0.2, -0.15) is 0 Å². The number of aliphatic imine (C=N–C) groups is 1. The lowest BCUT2D eigenvalue weighted by molar-refractivity contribution is -0.384. The molecule has 7 heteroatoms. The second-order valence-electron chi connectivity index (χ2n) is 6.48. The summed E-state index contributed by atoms with van der Waals surface area (Å²) in [6.07, 6.45) is 2.50. The van der Waals surface area contributed by atoms with Crippen LogP contribution in [0, 0.1) is 10.1 Å². The molecule has 0 aliphatic carbocycles. The first-order chi connectivity index (χ1) is 14.0. The maximum absolute atomic E-state index is 10.7. The van der Waals surface area contributed by atoms with Crippen LogP contribution in [-0.2, 0) is 6.42 Å². The fourth-order valence-electron chi connectivity index (χ4n) is 2.91. The van der Waals surface area contributed by atoms with Gasteiger partial charge in [-0.1, -0.05) is 13.0 Å². The number of nitrogens with zero attached hydrogens (tertiary/aromatic N) is 3. The fraction of sp³-hybridized carbons (Fsp3) is 0.0909. The van der Waals surface area contributed by atoms with Gasteiger partial charge in [0.2, 0.25) is 5.89 Å². The number of hydrogen-bond donors (Lipinski definition) is 1. The van der Waals surface area contributed by atoms with Crippen molar-refractivity contribution in [3.63, 3.8) is 0 Å². The maximum atomic E-state index is 10.7. The van der Waals surface area contributed by atoms with Gasteiger partial charge in [-0.05, 0) is 60.0 Å². The Balaban J connectivity index is 1.64. The third-order valence-electron chi connectivity index (χ3n) is 4.54. The van der Waals surface area contributed by atoms with Gasteiger partial charge in [0.15, 0.2) is 5.58 Å². The number of benzene rings is 3. The predicted octanol–water partition coefficient (Wildman–Crippen LogP) is 5.42. The van der Waals surface area contributed by atoms with Crippen molar-refractivity contribution in [2.24, 2.45) is 4.99 Å². The molecule has 29 heavy (non-hydrogen) atoms. The van der Waals surface area contributed by atoms with Crippen LogP contribution in [0.5, 0.6) is 5.75 Å². The fourth-order valence-corrected chi connectivity index (χ4v) is 2.91. The standard InChI is InChI=1S/C22H17N3O4/c1-2-14-5-10-21-19(11-14)24-22(29-21)18-12-16(6-9-20(18)26)23-13-15-3-7-17(8-4-15)25(27)28/h3-13,26H,2H2,1H3. The van der Waals surface area contributed by atoms with E-state index in [0.717, 1.165) is 23.1 Å². The van der Waals surface area contributed by atoms with Gasteiger partial charge in [-0.25, -0.2) is 4.98 Å². The quantitative estimate of drug-likeness (QED) is 0.280. The van der Waals surface area contributed by atoms with Crippen LogP contribution < -0.4 is 0 Å². The van der Waals surface area contributed by atoms with E-state index in [1.807, 2.05) is 18.2 Å². The van der Waals surface area contributed by atoms with Crippen LogP contribution in [0.25, 0.3) is 22.6 Å². The van der Waals surface area contributed by atoms with Gasteiger partial charge in [0.1, 0.15) is 11.3 Å². The summed E-state index contributed by atoms with van der Waals surface area (Å²) in [6, 6.07) is 16.8. The monoisotopic (exact) mass is 387 g/mol. The maximum Gasteiger partial charge on any atom is 0.269 e. The summed E-state index contributed by atoms with van der Waals surface area (Å²) in [5, 5.41) is 21.0. The number of aromatic hydroxyl groups is 1. The minimum atomic E-state index is -0.447. The first-order valence-electron chi connectivity index (χ1n) is 9.05. The van der Waals surface area contributed by atoms with Crippen molar-refractivity contribution in [3.05, 3.63) is 81.9 Å². The molecule has 0 saturated heterocycles. The van der Waals surface area contributed by atoms with E-state index in [9.17, 15) is 15.2 Å². The lowest BCUT2D eigenvalue weighted by Gasteiger charge is -2.01. The van der Waals surface area contributed by atoms with Gasteiger partial charge in [0, 0.05) is 18.3 Å². The van der Waals surface area contributed by atoms with Gasteiger partial charge in [0.05, 0.1) is 16.2 Å². The summed E-state index contributed by atoms with van der Waals surface area (Å²) in [7, 11) is 0. The average Bonchev–Trinajstić information content (AvgIpc) is 3.16. The van der Waals surface area contributed by atoms with Crippen molar-refractivity contribution < 1.29 is 14.4 Å². The Kier molecular flexibility index (Phi) is 4.78. The molecule has 0 spiro atoms. The molecule has 0 aliphatic heterocycles. The van der Waals surface area contributed by atoms with Crippen LogP contribution in [0.4, 0.5) is 11.4 Å². The minimum absolute atomic E-state index is 0.0243. The van der Waals surface area contributed by atoms with E-state index in [0.29, 0.717) is 22.7 Å². The highest BCUT2D eigenvalue weighted by molar-refractivity contribution is 5.83. The highest BCUT2D eigenvalue weighted by atomic mass is 16.6. The third kappa shape index (κ3) is 3.84. The van der Waals surface area contributed by atoms with E-state index < -0.39 is 4.92 Å². The van der Waals surface area contributed by atoms with Crippen LogP contribution in [0.1, 0.15) is 18.1 Å². The summed E-state index contributed by atoms with van der Waals surface area (Å²) in [4.78, 5) is 19.2. The van der Waals surface area contributed by atoms with Gasteiger partial charge >= 0.3 is 0 Å². The number of oxazole rings is 1. The summed E-state index contributed by atoms with van der Waals surface area (Å²) in [5.74, 6) is 0.361. The van der Waals surface area contributed by atoms with Crippen molar-refractivity contribution in [3.8, 4) is 17.2 Å². The Morgan fingerprint density at radius 3 is 2.66 bits per heavy atom. The molecule has 1 aromatic heterocycles. The highest BCUT2D eigenvalue weighted by Gasteiger charge is 2.13. The normalized spacial score (nSPS) is 11.3. The van der Waals surface area contributed by atoms with Crippen molar-refractivity contribution in [1.82, 2.24) is 4.98 Å². The molecule has 0 amide bonds. The molecule has 1 N–H and O–H groups in total. The third-order valence-corrected chi connectivity index (χ3v) is 4.54. The smallest absolute Gasteiger partial charge is 0.269 e. The van der Waals surface area contributed by atoms with E-state index in [1.165, 1.54) is 18.2 Å². The molecule has 4 rings (SSSR count). The topological polar surface area (TPSA) is 102 Å². The molecular formula is C22H17N3O4. The van der Waals surface area contributed by atoms with E-state index in [4.69, 9.17) is 4.42 Å². The van der Waals surface area contributed by atoms with Crippen LogP contribution in [0.15, 0.2) is 70.1 Å². The number of phenolic OH excluding ortho intramolecular Hbond substituents is 1. The molecule has 0 unspecified atom stereocenters. The molecule has 3 aromatic carbocycles. The molecule has 0 radical (unpaired) electrons. The average molecular weight is 387 g/mol. The molecule has 0 fully saturated rings. The Morgan fingerprint density at radius 1 is 1.14 bits per heavy atom. The number of non-ortho nitro benzene ring substituents is 1. The molecule has 0 aliphatic rings. The highest BCUT2D eigenvalue weighted by Crippen LogP contribution is 2.34. The van der Waals surface area contributed by atoms with Gasteiger partial charge in [-0.15, -0.1) is 0 Å². The molecule has 0 bridgehead atoms. The first-order valence-corrected chi connectivity index (χ1v) is 9.05. The molecule has 1 heterocycles. The van der Waals surface area contributed by atoms with Gasteiger partial charge in [-0.3, -0.25) is 15.1 Å². The summed E-state index contributed by atoms with van der Waals surface area (Å²) in [5.41, 5.74) is 4.32. The molecule has 144 valence electrons. The van der Waals surface area contributed by atoms with E-state index >= 15 is 0 Å². The summed E-state index contributed by atoms with van der Waals surface area (Å²) in [6.45, 7) is 2.07. The minimum Gasteiger partial charge on any atom is -0.507 e. The molecule has 7 nitrogen and oxygen atoms in total. The predicted molar refractivity (Wildman–Crippen MR) is 111 cm³/mol. The number of phenols is 1. The number of aryl methyl sites for hydroxylation is 1. The zero-order chi connectivity index (χ0) is 20.4. The molecular weight excluding hydrogens is 370 g/mol. The van der Waals surface area contributed by atoms with Crippen LogP contribution in [-0.4, -0.2) is 21.2 Å². The van der Waals surface area contributed by atoms with Crippen molar-refractivity contribution in [1.29, 1.82) is 0 Å². The zero-order valence-electron chi connectivity index (χ0n) is 15.6. The summed E-state index contributed by atoms with van der Waals surface area (Å²) >= 11 is 0. The zero-order valence-corrected chi connectivity index (χ0v) is 15.6. The largest absolute Gasteiger partial charge is 0.507 e. The number of nitro groups is 1. The van der Waals surface area contributed by atoms with Crippen molar-refractivity contribution in [2.75, 3.05) is 0 Å². The first kappa shape index (κ1) is 18.4. The van der Waals surface area contributed by atoms with E-state index in [1.54, 1.807) is 30.5 Å². The van der Waals surface area contributed by atoms with E-state index in [-0.39, 0.29) is 11.4 Å². The number of hydrogen-bond acceptors (Lipinski definition) is 6. The molecule has 4 aromatic rings. The number of fused-ring (bicyclic) bond motifs is 1. The second-order valence-corrected chi connectivity index (χ2v) is 6.48. The van der Waals surface area contributed by atoms with Crippen LogP contribution in [0.2, 0.25) is 0 Å². The molecule has 0 atom stereocenters. The van der Waals surface area contributed by atoms with Crippen LogP contribution in [0.3, 0.4) is 0 Å². The molecule has 0 saturated carbocycles. The Bertz CT molecular complexity index is 1230. The Morgan fingerprint density at radius 2 is 1.93 bits per heavy atom. The van der Waals surface area contributed by atoms with Crippen LogP contribution >= 0.6 is 0 Å². The Labute approximate surface area is 166 Å². The van der Waals surface area contributed by atoms with E-state index in [2.05, 4.69) is 16.9 Å². The lowest BCUT2D eigenvalue weighted by atomic mass is 10.1. The number of aromatic nitrogens is 1. The number of nitro benzene ring substituents is 1. The van der Waals surface area contributed by atoms with Crippen molar-refractivity contribution in [2.45, 2.75) is 13.3 Å². The second kappa shape index (κ2) is 7.55. The Hall–Kier alpha value is -4.00. The van der Waals surface area contributed by atoms with Crippen molar-refractivity contribution >= 4 is 28.7 Å². The SMILES string of the molecule is CCc1ccc2oc(-c3cc(N=Cc4ccc([N+](=O)[O-])cc4)ccc3O)nc2c1. The number of rotatable bonds is 5. The van der Waals surface area contributed by atoms with Gasteiger partial charge in [0.25, 0.3) is 5.69 Å².